The highest BCUT2D eigenvalue weighted by Crippen LogP contribution is 2.47. The van der Waals surface area contributed by atoms with Crippen molar-refractivity contribution in [2.24, 2.45) is 5.41 Å². The summed E-state index contributed by atoms with van der Waals surface area (Å²) < 4.78 is 10.9. The van der Waals surface area contributed by atoms with Gasteiger partial charge in [0.2, 0.25) is 17.7 Å². The zero-order chi connectivity index (χ0) is 28.8. The summed E-state index contributed by atoms with van der Waals surface area (Å²) in [6.45, 7) is 4.67. The fourth-order valence-electron chi connectivity index (χ4n) is 6.24. The minimum atomic E-state index is -0.676. The van der Waals surface area contributed by atoms with E-state index >= 15 is 0 Å². The molecule has 0 saturated carbocycles. The smallest absolute Gasteiger partial charge is 0.244 e. The zero-order valence-corrected chi connectivity index (χ0v) is 23.5. The zero-order valence-electron chi connectivity index (χ0n) is 23.5. The highest BCUT2D eigenvalue weighted by Gasteiger charge is 2.51. The van der Waals surface area contributed by atoms with Gasteiger partial charge in [-0.3, -0.25) is 14.4 Å². The van der Waals surface area contributed by atoms with E-state index in [1.165, 1.54) is 0 Å². The van der Waals surface area contributed by atoms with Crippen molar-refractivity contribution in [2.75, 3.05) is 37.5 Å². The molecule has 1 aromatic heterocycles. The molecule has 212 valence electrons. The van der Waals surface area contributed by atoms with Gasteiger partial charge in [0, 0.05) is 31.1 Å². The molecule has 2 atom stereocenters. The first-order valence-corrected chi connectivity index (χ1v) is 13.9. The Kier molecular flexibility index (Phi) is 6.87. The average molecular weight is 555 g/mol. The number of fused-ring (bicyclic) bond motifs is 3. The van der Waals surface area contributed by atoms with Gasteiger partial charge in [0.15, 0.2) is 0 Å². The van der Waals surface area contributed by atoms with Crippen LogP contribution in [-0.2, 0) is 48.7 Å². The van der Waals surface area contributed by atoms with E-state index < -0.39 is 10.8 Å². The minimum absolute atomic E-state index is 0.0429. The van der Waals surface area contributed by atoms with Gasteiger partial charge in [-0.1, -0.05) is 36.4 Å². The highest BCUT2D eigenvalue weighted by atomic mass is 16.5. The second-order valence-corrected chi connectivity index (χ2v) is 11.6. The predicted octanol–water partition coefficient (Wildman–Crippen LogP) is 3.78. The molecule has 2 N–H and O–H groups in total. The molecule has 1 aliphatic carbocycles. The van der Waals surface area contributed by atoms with Gasteiger partial charge in [0.1, 0.15) is 12.4 Å². The number of benzene rings is 2. The van der Waals surface area contributed by atoms with Crippen molar-refractivity contribution < 1.29 is 23.9 Å². The van der Waals surface area contributed by atoms with Crippen LogP contribution in [0.4, 0.5) is 11.5 Å². The molecule has 3 aliphatic rings. The lowest BCUT2D eigenvalue weighted by molar-refractivity contribution is -0.170. The Morgan fingerprint density at radius 1 is 1.12 bits per heavy atom. The number of anilines is 2. The van der Waals surface area contributed by atoms with Crippen molar-refractivity contribution in [1.82, 2.24) is 9.88 Å². The first-order valence-electron chi connectivity index (χ1n) is 13.9. The van der Waals surface area contributed by atoms with Crippen LogP contribution in [0.25, 0.3) is 0 Å². The largest absolute Gasteiger partial charge is 0.379 e. The number of carbonyl (C=O) groups excluding carboxylic acids is 3. The molecule has 2 unspecified atom stereocenters. The van der Waals surface area contributed by atoms with Crippen LogP contribution in [0, 0.1) is 5.41 Å². The monoisotopic (exact) mass is 554 g/mol. The Bertz CT molecular complexity index is 1530. The van der Waals surface area contributed by atoms with Crippen molar-refractivity contribution in [3.8, 4) is 0 Å². The predicted molar refractivity (Wildman–Crippen MR) is 153 cm³/mol. The lowest BCUT2D eigenvalue weighted by atomic mass is 9.79. The van der Waals surface area contributed by atoms with E-state index in [-0.39, 0.29) is 36.9 Å². The van der Waals surface area contributed by atoms with Gasteiger partial charge in [-0.25, -0.2) is 4.98 Å². The summed E-state index contributed by atoms with van der Waals surface area (Å²) in [4.78, 5) is 45.9. The quantitative estimate of drug-likeness (QED) is 0.439. The summed E-state index contributed by atoms with van der Waals surface area (Å²) in [5, 5.41) is 5.91. The summed E-state index contributed by atoms with van der Waals surface area (Å²) >= 11 is 0. The molecule has 6 rings (SSSR count). The molecule has 3 aromatic rings. The second-order valence-electron chi connectivity index (χ2n) is 11.6. The van der Waals surface area contributed by atoms with Crippen molar-refractivity contribution in [1.29, 1.82) is 0 Å². The van der Waals surface area contributed by atoms with Crippen molar-refractivity contribution >= 4 is 29.2 Å². The Morgan fingerprint density at radius 3 is 2.66 bits per heavy atom. The van der Waals surface area contributed by atoms with Crippen LogP contribution >= 0.6 is 0 Å². The van der Waals surface area contributed by atoms with E-state index in [0.29, 0.717) is 37.6 Å². The number of pyridine rings is 1. The maximum absolute atomic E-state index is 13.6. The number of methoxy groups -OCH3 is 1. The lowest BCUT2D eigenvalue weighted by Crippen LogP contribution is -2.54. The fourth-order valence-corrected chi connectivity index (χ4v) is 6.24. The molecule has 2 aromatic carbocycles. The second kappa shape index (κ2) is 10.4. The maximum atomic E-state index is 13.6. The van der Waals surface area contributed by atoms with Crippen LogP contribution in [0.5, 0.6) is 0 Å². The van der Waals surface area contributed by atoms with Gasteiger partial charge in [-0.2, -0.15) is 0 Å². The SMILES string of the molecule is COC(C)c1ccccc1CN(CC(=O)Nc1ccc2c(c1)CC1(C2)C(=O)Nc2ncccc21)C(=O)C1(C)COC1. The van der Waals surface area contributed by atoms with E-state index in [0.717, 1.165) is 27.8 Å². The number of aromatic nitrogens is 1. The molecule has 2 aliphatic heterocycles. The van der Waals surface area contributed by atoms with Crippen LogP contribution in [0.1, 0.15) is 47.8 Å². The molecule has 1 saturated heterocycles. The first kappa shape index (κ1) is 27.1. The van der Waals surface area contributed by atoms with E-state index in [4.69, 9.17) is 9.47 Å². The molecule has 1 fully saturated rings. The van der Waals surface area contributed by atoms with Crippen molar-refractivity contribution in [3.63, 3.8) is 0 Å². The van der Waals surface area contributed by atoms with Crippen LogP contribution in [-0.4, -0.2) is 54.5 Å². The lowest BCUT2D eigenvalue weighted by Gasteiger charge is -2.40. The third-order valence-corrected chi connectivity index (χ3v) is 8.65. The summed E-state index contributed by atoms with van der Waals surface area (Å²) in [5.74, 6) is 0.170. The molecule has 41 heavy (non-hydrogen) atoms. The van der Waals surface area contributed by atoms with Crippen molar-refractivity contribution in [3.05, 3.63) is 88.6 Å². The van der Waals surface area contributed by atoms with E-state index in [2.05, 4.69) is 15.6 Å². The number of rotatable bonds is 8. The third-order valence-electron chi connectivity index (χ3n) is 8.65. The molecular weight excluding hydrogens is 520 g/mol. The number of amides is 3. The molecule has 3 amide bonds. The maximum Gasteiger partial charge on any atom is 0.244 e. The van der Waals surface area contributed by atoms with Gasteiger partial charge < -0.3 is 25.0 Å². The van der Waals surface area contributed by atoms with Gasteiger partial charge >= 0.3 is 0 Å². The fraction of sp³-hybridized carbons (Fsp3) is 0.375. The normalized spacial score (nSPS) is 20.5. The average Bonchev–Trinajstić information content (AvgIpc) is 3.47. The molecule has 3 heterocycles. The van der Waals surface area contributed by atoms with E-state index in [1.807, 2.05) is 68.4 Å². The van der Waals surface area contributed by atoms with Crippen LogP contribution < -0.4 is 10.6 Å². The molecular formula is C32H34N4O5. The summed E-state index contributed by atoms with van der Waals surface area (Å²) in [6, 6.07) is 17.4. The third kappa shape index (κ3) is 4.79. The topological polar surface area (TPSA) is 110 Å². The Morgan fingerprint density at radius 2 is 1.90 bits per heavy atom. The van der Waals surface area contributed by atoms with Crippen LogP contribution in [0.15, 0.2) is 60.8 Å². The Hall–Kier alpha value is -4.08. The number of hydrogen-bond acceptors (Lipinski definition) is 6. The van der Waals surface area contributed by atoms with E-state index in [1.54, 1.807) is 18.2 Å². The molecule has 0 bridgehead atoms. The van der Waals surface area contributed by atoms with Crippen molar-refractivity contribution in [2.45, 2.75) is 44.8 Å². The van der Waals surface area contributed by atoms with Crippen LogP contribution in [0.2, 0.25) is 0 Å². The van der Waals surface area contributed by atoms with E-state index in [9.17, 15) is 14.4 Å². The Balaban J connectivity index is 1.20. The number of hydrogen-bond donors (Lipinski definition) is 2. The summed E-state index contributed by atoms with van der Waals surface area (Å²) in [5.41, 5.74) is 4.22. The van der Waals surface area contributed by atoms with Gasteiger partial charge in [-0.05, 0) is 67.1 Å². The summed E-state index contributed by atoms with van der Waals surface area (Å²) in [7, 11) is 1.65. The van der Waals surface area contributed by atoms with Crippen LogP contribution in [0.3, 0.4) is 0 Å². The van der Waals surface area contributed by atoms with Gasteiger partial charge in [0.05, 0.1) is 30.1 Å². The molecule has 0 radical (unpaired) electrons. The molecule has 1 spiro atoms. The standard InChI is InChI=1S/C32H34N4O5/c1-20(40-3)25-8-5-4-7-22(25)16-36(30(39)31(2)18-41-19-31)17-27(37)34-24-11-10-21-14-32(15-23(21)13-24)26-9-6-12-33-28(26)35-29(32)38/h4-13,20H,14-19H2,1-3H3,(H,34,37)(H,33,35,38). The molecule has 9 heteroatoms. The van der Waals surface area contributed by atoms with Gasteiger partial charge in [0.25, 0.3) is 0 Å². The summed E-state index contributed by atoms with van der Waals surface area (Å²) in [6.07, 6.45) is 2.65. The van der Waals surface area contributed by atoms with Gasteiger partial charge in [-0.15, -0.1) is 0 Å². The number of carbonyl (C=O) groups is 3. The number of nitrogens with one attached hydrogen (secondary N) is 2. The minimum Gasteiger partial charge on any atom is -0.379 e. The highest BCUT2D eigenvalue weighted by molar-refractivity contribution is 6.06. The first-order chi connectivity index (χ1) is 19.7. The number of nitrogens with zero attached hydrogens (tertiary/aromatic N) is 2. The number of ether oxygens (including phenoxy) is 2. The molecule has 9 nitrogen and oxygen atoms in total. The Labute approximate surface area is 239 Å².